The van der Waals surface area contributed by atoms with E-state index in [1.807, 2.05) is 30.6 Å². The molecule has 1 aliphatic rings. The number of allylic oxidation sites excluding steroid dienone is 2. The summed E-state index contributed by atoms with van der Waals surface area (Å²) in [5.74, 6) is 0. The van der Waals surface area contributed by atoms with Crippen molar-refractivity contribution >= 4 is 42.8 Å². The van der Waals surface area contributed by atoms with Gasteiger partial charge in [-0.25, -0.2) is 4.98 Å². The Labute approximate surface area is 115 Å². The average molecular weight is 303 g/mol. The van der Waals surface area contributed by atoms with Gasteiger partial charge in [0.1, 0.15) is 0 Å². The molecule has 1 heterocycles. The van der Waals surface area contributed by atoms with E-state index in [1.165, 1.54) is 14.2 Å². The Morgan fingerprint density at radius 1 is 1.33 bits per heavy atom. The molecule has 1 atom stereocenters. The van der Waals surface area contributed by atoms with Crippen molar-refractivity contribution in [3.8, 4) is 0 Å². The molecule has 0 amide bonds. The topological polar surface area (TPSA) is 48.4 Å². The van der Waals surface area contributed by atoms with E-state index in [9.17, 15) is 4.57 Å². The summed E-state index contributed by atoms with van der Waals surface area (Å²) in [7, 11) is -0.310. The second-order valence-electron chi connectivity index (χ2n) is 3.55. The highest BCUT2D eigenvalue weighted by Gasteiger charge is 2.30. The van der Waals surface area contributed by atoms with Gasteiger partial charge in [0.05, 0.1) is 16.2 Å². The largest absolute Gasteiger partial charge is 0.340 e. The van der Waals surface area contributed by atoms with Crippen LogP contribution in [0.2, 0.25) is 0 Å². The molecule has 0 saturated heterocycles. The number of hydrogen-bond donors (Lipinski definition) is 0. The molecular formula is C11H14NO3PS2. The van der Waals surface area contributed by atoms with E-state index in [0.717, 1.165) is 14.9 Å². The van der Waals surface area contributed by atoms with Crippen LogP contribution in [0, 0.1) is 0 Å². The molecule has 0 radical (unpaired) electrons. The van der Waals surface area contributed by atoms with Crippen LogP contribution < -0.4 is 0 Å². The molecule has 1 aliphatic carbocycles. The van der Waals surface area contributed by atoms with Crippen LogP contribution in [0.3, 0.4) is 0 Å². The van der Waals surface area contributed by atoms with Gasteiger partial charge in [-0.3, -0.25) is 4.57 Å². The fourth-order valence-electron chi connectivity index (χ4n) is 1.62. The van der Waals surface area contributed by atoms with Crippen molar-refractivity contribution in [1.29, 1.82) is 0 Å². The van der Waals surface area contributed by atoms with Crippen molar-refractivity contribution in [3.63, 3.8) is 0 Å². The van der Waals surface area contributed by atoms with Crippen molar-refractivity contribution in [2.45, 2.75) is 10.00 Å². The van der Waals surface area contributed by atoms with Crippen LogP contribution >= 0.6 is 30.7 Å². The van der Waals surface area contributed by atoms with Gasteiger partial charge in [0, 0.05) is 14.2 Å². The molecule has 1 aromatic rings. The molecule has 98 valence electrons. The van der Waals surface area contributed by atoms with Crippen molar-refractivity contribution in [2.75, 3.05) is 20.5 Å². The average Bonchev–Trinajstić information content (AvgIpc) is 2.70. The van der Waals surface area contributed by atoms with Gasteiger partial charge in [-0.05, 0) is 18.4 Å². The maximum absolute atomic E-state index is 12.3. The maximum Gasteiger partial charge on any atom is 0.340 e. The molecule has 0 bridgehead atoms. The van der Waals surface area contributed by atoms with E-state index in [1.54, 1.807) is 23.1 Å². The Balaban J connectivity index is 2.32. The van der Waals surface area contributed by atoms with Gasteiger partial charge >= 0.3 is 7.60 Å². The van der Waals surface area contributed by atoms with Crippen LogP contribution in [-0.2, 0) is 13.6 Å². The van der Waals surface area contributed by atoms with E-state index in [4.69, 9.17) is 9.05 Å². The molecular weight excluding hydrogens is 289 g/mol. The van der Waals surface area contributed by atoms with Crippen molar-refractivity contribution in [2.24, 2.45) is 0 Å². The molecule has 0 N–H and O–H groups in total. The first-order chi connectivity index (χ1) is 8.62. The van der Waals surface area contributed by atoms with E-state index in [0.29, 0.717) is 0 Å². The second-order valence-corrected chi connectivity index (χ2v) is 8.04. The smallest absolute Gasteiger partial charge is 0.311 e. The summed E-state index contributed by atoms with van der Waals surface area (Å²) in [5.41, 5.74) is 0.536. The molecule has 0 aliphatic heterocycles. The van der Waals surface area contributed by atoms with E-state index in [-0.39, 0.29) is 5.66 Å². The molecule has 0 spiro atoms. The predicted molar refractivity (Wildman–Crippen MR) is 77.4 cm³/mol. The molecule has 7 heteroatoms. The van der Waals surface area contributed by atoms with Gasteiger partial charge in [-0.2, -0.15) is 0 Å². The SMILES string of the molecule is COP(=O)(OC)C1C=Cc2nc(SC)sc2C=C1. The molecule has 1 aromatic heterocycles. The highest BCUT2D eigenvalue weighted by Crippen LogP contribution is 2.53. The molecule has 1 unspecified atom stereocenters. The van der Waals surface area contributed by atoms with Gasteiger partial charge in [0.25, 0.3) is 0 Å². The second kappa shape index (κ2) is 5.72. The first-order valence-electron chi connectivity index (χ1n) is 5.25. The van der Waals surface area contributed by atoms with Crippen LogP contribution in [0.15, 0.2) is 16.5 Å². The fourth-order valence-corrected chi connectivity index (χ4v) is 4.34. The summed E-state index contributed by atoms with van der Waals surface area (Å²) in [6.07, 6.45) is 9.47. The lowest BCUT2D eigenvalue weighted by Crippen LogP contribution is -2.04. The van der Waals surface area contributed by atoms with Crippen LogP contribution in [-0.4, -0.2) is 31.1 Å². The van der Waals surface area contributed by atoms with Gasteiger partial charge in [0.2, 0.25) is 0 Å². The summed E-state index contributed by atoms with van der Waals surface area (Å²) >= 11 is 3.24. The Hall–Kier alpha value is -0.390. The Morgan fingerprint density at radius 2 is 2.00 bits per heavy atom. The normalized spacial score (nSPS) is 18.7. The number of thioether (sulfide) groups is 1. The van der Waals surface area contributed by atoms with E-state index in [2.05, 4.69) is 4.98 Å². The molecule has 4 nitrogen and oxygen atoms in total. The minimum Gasteiger partial charge on any atom is -0.311 e. The molecule has 0 fully saturated rings. The number of aromatic nitrogens is 1. The summed E-state index contributed by atoms with van der Waals surface area (Å²) in [4.78, 5) is 5.54. The van der Waals surface area contributed by atoms with E-state index >= 15 is 0 Å². The zero-order valence-corrected chi connectivity index (χ0v) is 12.8. The number of thiazole rings is 1. The number of rotatable bonds is 4. The summed E-state index contributed by atoms with van der Waals surface area (Å²) in [6.45, 7) is 0. The lowest BCUT2D eigenvalue weighted by molar-refractivity contribution is 0.274. The van der Waals surface area contributed by atoms with Crippen LogP contribution in [0.4, 0.5) is 0 Å². The standard InChI is InChI=1S/C11H14NO3PS2/c1-14-16(13,15-2)8-4-6-9-10(7-5-8)18-11(12-9)17-3/h4-8H,1-3H3. The summed E-state index contributed by atoms with van der Waals surface area (Å²) < 4.78 is 23.3. The number of hydrogen-bond acceptors (Lipinski definition) is 6. The third-order valence-corrected chi connectivity index (χ3v) is 6.72. The highest BCUT2D eigenvalue weighted by atomic mass is 32.2. The Kier molecular flexibility index (Phi) is 4.45. The van der Waals surface area contributed by atoms with Gasteiger partial charge in [0.15, 0.2) is 4.34 Å². The van der Waals surface area contributed by atoms with E-state index < -0.39 is 7.60 Å². The van der Waals surface area contributed by atoms with Crippen LogP contribution in [0.5, 0.6) is 0 Å². The number of fused-ring (bicyclic) bond motifs is 1. The monoisotopic (exact) mass is 303 g/mol. The van der Waals surface area contributed by atoms with Gasteiger partial charge < -0.3 is 9.05 Å². The molecule has 0 saturated carbocycles. The predicted octanol–water partition coefficient (Wildman–Crippen LogP) is 3.76. The highest BCUT2D eigenvalue weighted by molar-refractivity contribution is 8.00. The van der Waals surface area contributed by atoms with Crippen LogP contribution in [0.1, 0.15) is 10.6 Å². The van der Waals surface area contributed by atoms with Gasteiger partial charge in [-0.1, -0.05) is 23.9 Å². The first kappa shape index (κ1) is 14.0. The Morgan fingerprint density at radius 3 is 2.61 bits per heavy atom. The van der Waals surface area contributed by atoms with Crippen molar-refractivity contribution in [1.82, 2.24) is 4.98 Å². The number of nitrogens with zero attached hydrogens (tertiary/aromatic N) is 1. The third kappa shape index (κ3) is 2.63. The van der Waals surface area contributed by atoms with Crippen molar-refractivity contribution < 1.29 is 13.6 Å². The zero-order valence-electron chi connectivity index (χ0n) is 10.3. The lowest BCUT2D eigenvalue weighted by atomic mass is 10.3. The summed E-state index contributed by atoms with van der Waals surface area (Å²) in [6, 6.07) is 0. The van der Waals surface area contributed by atoms with Crippen molar-refractivity contribution in [3.05, 3.63) is 22.7 Å². The zero-order chi connectivity index (χ0) is 13.2. The molecule has 2 rings (SSSR count). The van der Waals surface area contributed by atoms with Crippen LogP contribution in [0.25, 0.3) is 12.2 Å². The maximum atomic E-state index is 12.3. The Bertz CT molecular complexity index is 499. The minimum atomic E-state index is -3.11. The quantitative estimate of drug-likeness (QED) is 0.626. The lowest BCUT2D eigenvalue weighted by Gasteiger charge is -2.18. The minimum absolute atomic E-state index is 0.369. The van der Waals surface area contributed by atoms with Gasteiger partial charge in [-0.15, -0.1) is 11.3 Å². The fraction of sp³-hybridized carbons (Fsp3) is 0.364. The third-order valence-electron chi connectivity index (χ3n) is 2.61. The molecule has 18 heavy (non-hydrogen) atoms. The first-order valence-corrected chi connectivity index (χ1v) is 8.90. The summed E-state index contributed by atoms with van der Waals surface area (Å²) in [5, 5.41) is 0. The molecule has 0 aromatic carbocycles.